The fourth-order valence-electron chi connectivity index (χ4n) is 3.85. The van der Waals surface area contributed by atoms with Crippen molar-refractivity contribution >= 4 is 21.9 Å². The van der Waals surface area contributed by atoms with Crippen LogP contribution in [0.4, 0.5) is 11.9 Å². The summed E-state index contributed by atoms with van der Waals surface area (Å²) in [7, 11) is -3.23. The number of rotatable bonds is 7. The number of hydrogen-bond donors (Lipinski definition) is 0. The average Bonchev–Trinajstić information content (AvgIpc) is 2.81. The molecule has 0 aromatic carbocycles. The van der Waals surface area contributed by atoms with Crippen molar-refractivity contribution < 1.29 is 8.42 Å². The summed E-state index contributed by atoms with van der Waals surface area (Å²) in [5.74, 6) is 1.62. The second-order valence-electron chi connectivity index (χ2n) is 7.48. The van der Waals surface area contributed by atoms with Crippen LogP contribution >= 0.6 is 0 Å². The van der Waals surface area contributed by atoms with Crippen molar-refractivity contribution in [3.8, 4) is 0 Å². The van der Waals surface area contributed by atoms with E-state index in [9.17, 15) is 8.42 Å². The highest BCUT2D eigenvalue weighted by atomic mass is 32.2. The zero-order valence-electron chi connectivity index (χ0n) is 17.0. The Labute approximate surface area is 177 Å². The quantitative estimate of drug-likeness (QED) is 0.595. The van der Waals surface area contributed by atoms with Crippen LogP contribution in [-0.2, 0) is 10.0 Å². The van der Waals surface area contributed by atoms with Crippen LogP contribution in [0.15, 0.2) is 36.9 Å². The van der Waals surface area contributed by atoms with E-state index in [4.69, 9.17) is 0 Å². The third kappa shape index (κ3) is 5.21. The van der Waals surface area contributed by atoms with E-state index in [-0.39, 0.29) is 5.75 Å². The molecule has 162 valence electrons. The zero-order valence-corrected chi connectivity index (χ0v) is 17.9. The third-order valence-electron chi connectivity index (χ3n) is 5.55. The van der Waals surface area contributed by atoms with E-state index in [1.165, 1.54) is 0 Å². The zero-order chi connectivity index (χ0) is 20.8. The molecule has 30 heavy (non-hydrogen) atoms. The number of piperazine rings is 2. The Morgan fingerprint density at radius 2 is 1.17 bits per heavy atom. The molecule has 2 aliphatic heterocycles. The van der Waals surface area contributed by atoms with Gasteiger partial charge in [-0.15, -0.1) is 0 Å². The van der Waals surface area contributed by atoms with Gasteiger partial charge in [-0.05, 0) is 25.1 Å². The van der Waals surface area contributed by atoms with Gasteiger partial charge in [-0.3, -0.25) is 4.90 Å². The van der Waals surface area contributed by atoms with Gasteiger partial charge in [0.2, 0.25) is 21.9 Å². The standard InChI is InChI=1S/C19H28N8O2S/c28-30(29,27-15-13-26(14-16-27)19-22-6-2-7-23-19)17-3-8-24-9-11-25(12-10-24)18-20-4-1-5-21-18/h1-2,4-7H,3,8-17H2. The highest BCUT2D eigenvalue weighted by molar-refractivity contribution is 7.89. The summed E-state index contributed by atoms with van der Waals surface area (Å²) in [4.78, 5) is 23.6. The molecule has 0 amide bonds. The Balaban J connectivity index is 1.18. The van der Waals surface area contributed by atoms with E-state index in [1.54, 1.807) is 35.2 Å². The third-order valence-corrected chi connectivity index (χ3v) is 7.51. The predicted octanol–water partition coefficient (Wildman–Crippen LogP) is -0.0693. The molecule has 4 rings (SSSR count). The molecule has 0 saturated carbocycles. The molecule has 0 aliphatic carbocycles. The summed E-state index contributed by atoms with van der Waals surface area (Å²) >= 11 is 0. The monoisotopic (exact) mass is 432 g/mol. The highest BCUT2D eigenvalue weighted by Gasteiger charge is 2.28. The van der Waals surface area contributed by atoms with E-state index in [0.717, 1.165) is 38.7 Å². The molecule has 2 fully saturated rings. The second-order valence-corrected chi connectivity index (χ2v) is 9.57. The van der Waals surface area contributed by atoms with Crippen molar-refractivity contribution in [1.29, 1.82) is 0 Å². The van der Waals surface area contributed by atoms with E-state index in [0.29, 0.717) is 38.5 Å². The SMILES string of the molecule is O=S(=O)(CCCN1CCN(c2ncccn2)CC1)N1CCN(c2ncccn2)CC1. The summed E-state index contributed by atoms with van der Waals surface area (Å²) in [5.41, 5.74) is 0. The van der Waals surface area contributed by atoms with Crippen molar-refractivity contribution in [2.45, 2.75) is 6.42 Å². The van der Waals surface area contributed by atoms with Gasteiger partial charge in [0.05, 0.1) is 5.75 Å². The minimum absolute atomic E-state index is 0.191. The van der Waals surface area contributed by atoms with Crippen LogP contribution in [0.25, 0.3) is 0 Å². The highest BCUT2D eigenvalue weighted by Crippen LogP contribution is 2.14. The molecule has 0 spiro atoms. The smallest absolute Gasteiger partial charge is 0.225 e. The van der Waals surface area contributed by atoms with Crippen molar-refractivity contribution in [2.75, 3.05) is 74.5 Å². The van der Waals surface area contributed by atoms with Gasteiger partial charge in [-0.25, -0.2) is 28.4 Å². The summed E-state index contributed by atoms with van der Waals surface area (Å²) in [6, 6.07) is 3.59. The van der Waals surface area contributed by atoms with Crippen LogP contribution in [0.1, 0.15) is 6.42 Å². The average molecular weight is 433 g/mol. The van der Waals surface area contributed by atoms with E-state index in [2.05, 4.69) is 29.7 Å². The Morgan fingerprint density at radius 1 is 0.700 bits per heavy atom. The first kappa shape index (κ1) is 20.9. The van der Waals surface area contributed by atoms with Gasteiger partial charge in [0.15, 0.2) is 0 Å². The lowest BCUT2D eigenvalue weighted by Crippen LogP contribution is -2.50. The molecule has 2 aromatic rings. The first-order valence-corrected chi connectivity index (χ1v) is 12.0. The fraction of sp³-hybridized carbons (Fsp3) is 0.579. The van der Waals surface area contributed by atoms with Crippen molar-refractivity contribution in [2.24, 2.45) is 0 Å². The topological polar surface area (TPSA) is 98.7 Å². The molecule has 0 N–H and O–H groups in total. The summed E-state index contributed by atoms with van der Waals surface area (Å²) < 4.78 is 27.1. The van der Waals surface area contributed by atoms with Crippen LogP contribution < -0.4 is 9.80 Å². The van der Waals surface area contributed by atoms with Crippen molar-refractivity contribution in [3.05, 3.63) is 36.9 Å². The first-order valence-electron chi connectivity index (χ1n) is 10.4. The summed E-state index contributed by atoms with van der Waals surface area (Å²) in [5, 5.41) is 0. The lowest BCUT2D eigenvalue weighted by atomic mass is 10.3. The van der Waals surface area contributed by atoms with E-state index >= 15 is 0 Å². The van der Waals surface area contributed by atoms with Gasteiger partial charge in [0.25, 0.3) is 0 Å². The molecule has 0 bridgehead atoms. The minimum Gasteiger partial charge on any atom is -0.338 e. The lowest BCUT2D eigenvalue weighted by molar-refractivity contribution is 0.257. The number of anilines is 2. The number of nitrogens with zero attached hydrogens (tertiary/aromatic N) is 8. The maximum absolute atomic E-state index is 12.7. The summed E-state index contributed by atoms with van der Waals surface area (Å²) in [6.45, 7) is 6.51. The van der Waals surface area contributed by atoms with Crippen LogP contribution in [0.5, 0.6) is 0 Å². The minimum atomic E-state index is -3.23. The molecular formula is C19H28N8O2S. The molecule has 2 saturated heterocycles. The van der Waals surface area contributed by atoms with Crippen LogP contribution in [0.3, 0.4) is 0 Å². The molecule has 0 unspecified atom stereocenters. The molecule has 10 nitrogen and oxygen atoms in total. The molecule has 0 radical (unpaired) electrons. The van der Waals surface area contributed by atoms with Crippen LogP contribution in [-0.4, -0.2) is 102 Å². The Hall–Kier alpha value is -2.37. The largest absolute Gasteiger partial charge is 0.338 e. The van der Waals surface area contributed by atoms with Gasteiger partial charge in [0.1, 0.15) is 0 Å². The van der Waals surface area contributed by atoms with E-state index < -0.39 is 10.0 Å². The van der Waals surface area contributed by atoms with E-state index in [1.807, 2.05) is 11.0 Å². The summed E-state index contributed by atoms with van der Waals surface area (Å²) in [6.07, 6.45) is 7.57. The number of hydrogen-bond acceptors (Lipinski definition) is 9. The Morgan fingerprint density at radius 3 is 1.67 bits per heavy atom. The normalized spacial score (nSPS) is 19.2. The van der Waals surface area contributed by atoms with Gasteiger partial charge < -0.3 is 9.80 Å². The number of aromatic nitrogens is 4. The van der Waals surface area contributed by atoms with Gasteiger partial charge >= 0.3 is 0 Å². The lowest BCUT2D eigenvalue weighted by Gasteiger charge is -2.35. The second kappa shape index (κ2) is 9.63. The molecule has 2 aromatic heterocycles. The molecule has 2 aliphatic rings. The van der Waals surface area contributed by atoms with Crippen LogP contribution in [0.2, 0.25) is 0 Å². The molecule has 4 heterocycles. The van der Waals surface area contributed by atoms with Crippen molar-refractivity contribution in [3.63, 3.8) is 0 Å². The maximum Gasteiger partial charge on any atom is 0.225 e. The van der Waals surface area contributed by atoms with Gasteiger partial charge in [-0.1, -0.05) is 0 Å². The predicted molar refractivity (Wildman–Crippen MR) is 115 cm³/mol. The maximum atomic E-state index is 12.7. The van der Waals surface area contributed by atoms with Gasteiger partial charge in [-0.2, -0.15) is 4.31 Å². The molecule has 11 heteroatoms. The Bertz CT molecular complexity index is 883. The number of sulfonamides is 1. The molecule has 0 atom stereocenters. The van der Waals surface area contributed by atoms with Crippen LogP contribution in [0, 0.1) is 0 Å². The Kier molecular flexibility index (Phi) is 6.70. The molecular weight excluding hydrogens is 404 g/mol. The van der Waals surface area contributed by atoms with Gasteiger partial charge in [0, 0.05) is 77.1 Å². The van der Waals surface area contributed by atoms with Crippen molar-refractivity contribution in [1.82, 2.24) is 29.1 Å². The fourth-order valence-corrected chi connectivity index (χ4v) is 5.32. The first-order chi connectivity index (χ1) is 14.6.